The van der Waals surface area contributed by atoms with Crippen molar-refractivity contribution in [1.82, 2.24) is 5.32 Å². The van der Waals surface area contributed by atoms with Gasteiger partial charge in [-0.15, -0.1) is 0 Å². The third-order valence-corrected chi connectivity index (χ3v) is 4.74. The topological polar surface area (TPSA) is 64.4 Å². The van der Waals surface area contributed by atoms with Crippen molar-refractivity contribution in [2.45, 2.75) is 45.8 Å². The molecule has 1 N–H and O–H groups in total. The quantitative estimate of drug-likeness (QED) is 0.664. The molecule has 3 unspecified atom stereocenters. The van der Waals surface area contributed by atoms with Crippen LogP contribution in [0.3, 0.4) is 0 Å². The largest absolute Gasteiger partial charge is 0.489 e. The Labute approximate surface area is 119 Å². The van der Waals surface area contributed by atoms with Gasteiger partial charge in [-0.05, 0) is 32.0 Å². The maximum atomic E-state index is 10.9. The van der Waals surface area contributed by atoms with E-state index in [0.717, 1.165) is 18.4 Å². The standard InChI is InChI=1S/C15H22N2O3/c1-5-15(3)13(16-4)9-14(15)20-12-8-11(17(18)19)7-6-10(12)2/h6-8,13-14,16H,5,9H2,1-4H3. The number of nitro groups is 1. The van der Waals surface area contributed by atoms with E-state index in [9.17, 15) is 10.1 Å². The first-order valence-corrected chi connectivity index (χ1v) is 7.01. The number of hydrogen-bond acceptors (Lipinski definition) is 4. The van der Waals surface area contributed by atoms with Crippen molar-refractivity contribution in [2.75, 3.05) is 7.05 Å². The van der Waals surface area contributed by atoms with Crippen molar-refractivity contribution in [3.05, 3.63) is 33.9 Å². The molecule has 0 amide bonds. The van der Waals surface area contributed by atoms with Crippen LogP contribution in [0.15, 0.2) is 18.2 Å². The van der Waals surface area contributed by atoms with Gasteiger partial charge in [0.1, 0.15) is 11.9 Å². The lowest BCUT2D eigenvalue weighted by Gasteiger charge is -2.53. The van der Waals surface area contributed by atoms with Gasteiger partial charge in [-0.3, -0.25) is 10.1 Å². The van der Waals surface area contributed by atoms with Crippen LogP contribution in [-0.2, 0) is 0 Å². The molecule has 20 heavy (non-hydrogen) atoms. The number of rotatable bonds is 5. The van der Waals surface area contributed by atoms with E-state index in [2.05, 4.69) is 19.2 Å². The minimum Gasteiger partial charge on any atom is -0.489 e. The SMILES string of the molecule is CCC1(C)C(NC)CC1Oc1cc([N+](=O)[O-])ccc1C. The number of nitrogens with zero attached hydrogens (tertiary/aromatic N) is 1. The Morgan fingerprint density at radius 2 is 2.25 bits per heavy atom. The molecule has 0 heterocycles. The second kappa shape index (κ2) is 5.40. The number of hydrogen-bond donors (Lipinski definition) is 1. The average molecular weight is 278 g/mol. The summed E-state index contributed by atoms with van der Waals surface area (Å²) in [5.74, 6) is 0.624. The van der Waals surface area contributed by atoms with Gasteiger partial charge in [-0.25, -0.2) is 0 Å². The van der Waals surface area contributed by atoms with Gasteiger partial charge in [0.25, 0.3) is 5.69 Å². The van der Waals surface area contributed by atoms with Gasteiger partial charge in [0.2, 0.25) is 0 Å². The molecule has 5 heteroatoms. The van der Waals surface area contributed by atoms with Crippen molar-refractivity contribution < 1.29 is 9.66 Å². The molecule has 1 aliphatic rings. The molecule has 0 spiro atoms. The Bertz CT molecular complexity index is 518. The normalized spacial score (nSPS) is 28.8. The molecule has 0 aromatic heterocycles. The maximum absolute atomic E-state index is 10.9. The average Bonchev–Trinajstić information content (AvgIpc) is 2.43. The molecule has 1 aromatic carbocycles. The summed E-state index contributed by atoms with van der Waals surface area (Å²) in [4.78, 5) is 10.5. The van der Waals surface area contributed by atoms with E-state index < -0.39 is 0 Å². The summed E-state index contributed by atoms with van der Waals surface area (Å²) in [5.41, 5.74) is 1.08. The number of aryl methyl sites for hydroxylation is 1. The monoisotopic (exact) mass is 278 g/mol. The second-order valence-electron chi connectivity index (χ2n) is 5.75. The molecule has 5 nitrogen and oxygen atoms in total. The molecule has 1 fully saturated rings. The molecule has 110 valence electrons. The summed E-state index contributed by atoms with van der Waals surface area (Å²) in [5, 5.41) is 14.2. The van der Waals surface area contributed by atoms with Gasteiger partial charge < -0.3 is 10.1 Å². The molecule has 0 saturated heterocycles. The molecule has 1 aliphatic carbocycles. The number of ether oxygens (including phenoxy) is 1. The van der Waals surface area contributed by atoms with E-state index in [1.807, 2.05) is 14.0 Å². The van der Waals surface area contributed by atoms with Gasteiger partial charge in [0, 0.05) is 23.9 Å². The first-order valence-electron chi connectivity index (χ1n) is 7.01. The van der Waals surface area contributed by atoms with E-state index in [1.54, 1.807) is 6.07 Å². The Balaban J connectivity index is 2.19. The summed E-state index contributed by atoms with van der Waals surface area (Å²) < 4.78 is 6.07. The van der Waals surface area contributed by atoms with Crippen molar-refractivity contribution in [1.29, 1.82) is 0 Å². The highest BCUT2D eigenvalue weighted by Crippen LogP contribution is 2.46. The minimum absolute atomic E-state index is 0.0752. The first kappa shape index (κ1) is 14.8. The van der Waals surface area contributed by atoms with Crippen LogP contribution in [0.5, 0.6) is 5.75 Å². The molecule has 2 rings (SSSR count). The lowest BCUT2D eigenvalue weighted by molar-refractivity contribution is -0.385. The van der Waals surface area contributed by atoms with E-state index in [0.29, 0.717) is 11.8 Å². The number of nitro benzene ring substituents is 1. The molecular formula is C15H22N2O3. The van der Waals surface area contributed by atoms with Crippen molar-refractivity contribution >= 4 is 5.69 Å². The molecule has 0 aliphatic heterocycles. The fourth-order valence-corrected chi connectivity index (χ4v) is 2.90. The molecule has 3 atom stereocenters. The van der Waals surface area contributed by atoms with E-state index in [4.69, 9.17) is 4.74 Å². The summed E-state index contributed by atoms with van der Waals surface area (Å²) >= 11 is 0. The molecular weight excluding hydrogens is 256 g/mol. The van der Waals surface area contributed by atoms with E-state index in [-0.39, 0.29) is 22.1 Å². The van der Waals surface area contributed by atoms with Gasteiger partial charge in [0.05, 0.1) is 11.0 Å². The Kier molecular flexibility index (Phi) is 3.99. The van der Waals surface area contributed by atoms with Crippen LogP contribution in [0.2, 0.25) is 0 Å². The van der Waals surface area contributed by atoms with Crippen molar-refractivity contribution in [3.8, 4) is 5.75 Å². The first-order chi connectivity index (χ1) is 9.42. The summed E-state index contributed by atoms with van der Waals surface area (Å²) in [6.07, 6.45) is 2.05. The number of nitrogens with one attached hydrogen (secondary N) is 1. The summed E-state index contributed by atoms with van der Waals surface area (Å²) in [7, 11) is 1.97. The third kappa shape index (κ3) is 2.38. The zero-order valence-corrected chi connectivity index (χ0v) is 12.5. The Morgan fingerprint density at radius 3 is 2.80 bits per heavy atom. The lowest BCUT2D eigenvalue weighted by atomic mass is 9.61. The fraction of sp³-hybridized carbons (Fsp3) is 0.600. The van der Waals surface area contributed by atoms with Gasteiger partial charge in [0.15, 0.2) is 0 Å². The molecule has 0 radical (unpaired) electrons. The van der Waals surface area contributed by atoms with E-state index in [1.165, 1.54) is 12.1 Å². The van der Waals surface area contributed by atoms with Gasteiger partial charge in [-0.2, -0.15) is 0 Å². The maximum Gasteiger partial charge on any atom is 0.273 e. The lowest BCUT2D eigenvalue weighted by Crippen LogP contribution is -2.62. The zero-order valence-electron chi connectivity index (χ0n) is 12.5. The Hall–Kier alpha value is -1.62. The highest BCUT2D eigenvalue weighted by molar-refractivity contribution is 5.44. The molecule has 0 bridgehead atoms. The summed E-state index contributed by atoms with van der Waals surface area (Å²) in [6, 6.07) is 5.22. The smallest absolute Gasteiger partial charge is 0.273 e. The second-order valence-corrected chi connectivity index (χ2v) is 5.75. The highest BCUT2D eigenvalue weighted by atomic mass is 16.6. The van der Waals surface area contributed by atoms with Crippen LogP contribution >= 0.6 is 0 Å². The predicted molar refractivity (Wildman–Crippen MR) is 78.1 cm³/mol. The predicted octanol–water partition coefficient (Wildman–Crippen LogP) is 3.06. The third-order valence-electron chi connectivity index (χ3n) is 4.74. The van der Waals surface area contributed by atoms with Crippen LogP contribution in [0.25, 0.3) is 0 Å². The molecule has 1 saturated carbocycles. The van der Waals surface area contributed by atoms with Crippen LogP contribution < -0.4 is 10.1 Å². The van der Waals surface area contributed by atoms with Gasteiger partial charge >= 0.3 is 0 Å². The Morgan fingerprint density at radius 1 is 1.55 bits per heavy atom. The van der Waals surface area contributed by atoms with Gasteiger partial charge in [-0.1, -0.05) is 13.8 Å². The van der Waals surface area contributed by atoms with Crippen LogP contribution in [-0.4, -0.2) is 24.1 Å². The number of benzene rings is 1. The van der Waals surface area contributed by atoms with E-state index >= 15 is 0 Å². The zero-order chi connectivity index (χ0) is 14.9. The molecule has 1 aromatic rings. The summed E-state index contributed by atoms with van der Waals surface area (Å²) in [6.45, 7) is 6.27. The fourth-order valence-electron chi connectivity index (χ4n) is 2.90. The van der Waals surface area contributed by atoms with Crippen molar-refractivity contribution in [2.24, 2.45) is 5.41 Å². The number of non-ortho nitro benzene ring substituents is 1. The van der Waals surface area contributed by atoms with Crippen molar-refractivity contribution in [3.63, 3.8) is 0 Å². The van der Waals surface area contributed by atoms with Crippen LogP contribution in [0.1, 0.15) is 32.3 Å². The van der Waals surface area contributed by atoms with Crippen LogP contribution in [0.4, 0.5) is 5.69 Å². The minimum atomic E-state index is -0.386. The highest BCUT2D eigenvalue weighted by Gasteiger charge is 2.51. The van der Waals surface area contributed by atoms with Crippen LogP contribution in [0, 0.1) is 22.5 Å².